The Morgan fingerprint density at radius 2 is 1.82 bits per heavy atom. The lowest BCUT2D eigenvalue weighted by Crippen LogP contribution is -2.53. The number of carbonyl (C=O) groups is 4. The van der Waals surface area contributed by atoms with Crippen LogP contribution in [0.2, 0.25) is 0 Å². The summed E-state index contributed by atoms with van der Waals surface area (Å²) in [5.74, 6) is -1.37. The number of esters is 1. The van der Waals surface area contributed by atoms with E-state index in [4.69, 9.17) is 9.47 Å². The second kappa shape index (κ2) is 11.4. The first-order valence-corrected chi connectivity index (χ1v) is 11.8. The van der Waals surface area contributed by atoms with E-state index in [0.29, 0.717) is 19.4 Å². The number of nitrogens with one attached hydrogen (secondary N) is 3. The Balaban J connectivity index is 1.64. The van der Waals surface area contributed by atoms with Gasteiger partial charge in [-0.15, -0.1) is 0 Å². The summed E-state index contributed by atoms with van der Waals surface area (Å²) in [6, 6.07) is 7.39. The molecule has 1 aromatic carbocycles. The van der Waals surface area contributed by atoms with E-state index in [2.05, 4.69) is 29.8 Å². The Labute approximate surface area is 200 Å². The molecule has 9 heteroatoms. The highest BCUT2D eigenvalue weighted by Gasteiger charge is 2.47. The van der Waals surface area contributed by atoms with E-state index in [1.807, 2.05) is 30.3 Å². The Bertz CT molecular complexity index is 888. The molecule has 1 saturated heterocycles. The van der Waals surface area contributed by atoms with Crippen LogP contribution in [-0.4, -0.2) is 49.6 Å². The molecule has 1 heterocycles. The van der Waals surface area contributed by atoms with Gasteiger partial charge >= 0.3 is 12.1 Å². The standard InChI is InChI=1S/C25H35N3O6/c1-25(2)14-18(25)13-19(28-24(32)34-15-16-8-5-4-6-9-16)22(30)27-20(23(31)33-3)12-17-10-7-11-26-21(17)29/h4-6,8-9,17-20H,7,10-15H2,1-3H3,(H,26,29)(H,27,30)(H,28,32)/t17?,18?,19?,20-/m0/s1. The molecule has 2 aliphatic rings. The highest BCUT2D eigenvalue weighted by atomic mass is 16.5. The normalized spacial score (nSPS) is 22.5. The second-order valence-corrected chi connectivity index (χ2v) is 9.83. The van der Waals surface area contributed by atoms with E-state index >= 15 is 0 Å². The van der Waals surface area contributed by atoms with Gasteiger partial charge in [0.25, 0.3) is 0 Å². The van der Waals surface area contributed by atoms with Crippen molar-refractivity contribution in [3.8, 4) is 0 Å². The van der Waals surface area contributed by atoms with Gasteiger partial charge in [-0.1, -0.05) is 44.2 Å². The molecule has 34 heavy (non-hydrogen) atoms. The second-order valence-electron chi connectivity index (χ2n) is 9.83. The van der Waals surface area contributed by atoms with Crippen LogP contribution in [0.15, 0.2) is 30.3 Å². The summed E-state index contributed by atoms with van der Waals surface area (Å²) in [6.07, 6.45) is 2.26. The van der Waals surface area contributed by atoms with Crippen LogP contribution in [0.1, 0.15) is 51.5 Å². The first-order chi connectivity index (χ1) is 16.2. The molecule has 3 N–H and O–H groups in total. The summed E-state index contributed by atoms with van der Waals surface area (Å²) >= 11 is 0. The minimum atomic E-state index is -0.983. The fourth-order valence-corrected chi connectivity index (χ4v) is 4.38. The molecular formula is C25H35N3O6. The SMILES string of the molecule is COC(=O)[C@H](CC1CCCNC1=O)NC(=O)C(CC1CC1(C)C)NC(=O)OCc1ccccc1. The maximum atomic E-state index is 13.2. The number of hydrogen-bond donors (Lipinski definition) is 3. The molecule has 2 fully saturated rings. The summed E-state index contributed by atoms with van der Waals surface area (Å²) in [6.45, 7) is 4.91. The number of benzene rings is 1. The number of methoxy groups -OCH3 is 1. The van der Waals surface area contributed by atoms with Gasteiger partial charge < -0.3 is 25.4 Å². The van der Waals surface area contributed by atoms with Crippen molar-refractivity contribution in [2.75, 3.05) is 13.7 Å². The quantitative estimate of drug-likeness (QED) is 0.448. The van der Waals surface area contributed by atoms with E-state index in [1.165, 1.54) is 7.11 Å². The molecule has 3 amide bonds. The van der Waals surface area contributed by atoms with Crippen LogP contribution in [-0.2, 0) is 30.5 Å². The predicted molar refractivity (Wildman–Crippen MR) is 124 cm³/mol. The third-order valence-corrected chi connectivity index (χ3v) is 6.78. The average Bonchev–Trinajstić information content (AvgIpc) is 3.43. The van der Waals surface area contributed by atoms with Crippen LogP contribution in [0.25, 0.3) is 0 Å². The van der Waals surface area contributed by atoms with Gasteiger partial charge in [-0.2, -0.15) is 0 Å². The smallest absolute Gasteiger partial charge is 0.408 e. The van der Waals surface area contributed by atoms with E-state index in [-0.39, 0.29) is 36.2 Å². The Kier molecular flexibility index (Phi) is 8.52. The highest BCUT2D eigenvalue weighted by molar-refractivity contribution is 5.90. The molecule has 0 spiro atoms. The molecule has 9 nitrogen and oxygen atoms in total. The van der Waals surface area contributed by atoms with Crippen molar-refractivity contribution in [2.24, 2.45) is 17.3 Å². The molecule has 1 aliphatic carbocycles. The van der Waals surface area contributed by atoms with E-state index in [1.54, 1.807) is 0 Å². The zero-order valence-electron chi connectivity index (χ0n) is 20.1. The van der Waals surface area contributed by atoms with Gasteiger partial charge in [0.1, 0.15) is 18.7 Å². The van der Waals surface area contributed by atoms with Gasteiger partial charge in [0.15, 0.2) is 0 Å². The van der Waals surface area contributed by atoms with Crippen LogP contribution >= 0.6 is 0 Å². The lowest BCUT2D eigenvalue weighted by molar-refractivity contribution is -0.146. The largest absolute Gasteiger partial charge is 0.467 e. The van der Waals surface area contributed by atoms with Gasteiger partial charge in [0.2, 0.25) is 11.8 Å². The Morgan fingerprint density at radius 3 is 2.44 bits per heavy atom. The molecule has 4 atom stereocenters. The predicted octanol–water partition coefficient (Wildman–Crippen LogP) is 2.29. The number of ether oxygens (including phenoxy) is 2. The summed E-state index contributed by atoms with van der Waals surface area (Å²) in [4.78, 5) is 50.2. The fraction of sp³-hybridized carbons (Fsp3) is 0.600. The van der Waals surface area contributed by atoms with Gasteiger partial charge in [-0.05, 0) is 49.0 Å². The number of hydrogen-bond acceptors (Lipinski definition) is 6. The van der Waals surface area contributed by atoms with Crippen molar-refractivity contribution >= 4 is 23.9 Å². The van der Waals surface area contributed by atoms with Crippen LogP contribution < -0.4 is 16.0 Å². The molecule has 0 radical (unpaired) electrons. The van der Waals surface area contributed by atoms with Crippen molar-refractivity contribution in [3.05, 3.63) is 35.9 Å². The number of rotatable bonds is 10. The third kappa shape index (κ3) is 7.20. The lowest BCUT2D eigenvalue weighted by atomic mass is 9.91. The van der Waals surface area contributed by atoms with E-state index < -0.39 is 30.1 Å². The maximum Gasteiger partial charge on any atom is 0.408 e. The Hall–Kier alpha value is -3.10. The number of alkyl carbamates (subject to hydrolysis) is 1. The van der Waals surface area contributed by atoms with Crippen LogP contribution in [0.5, 0.6) is 0 Å². The van der Waals surface area contributed by atoms with Crippen molar-refractivity contribution in [2.45, 2.75) is 64.6 Å². The molecule has 0 bridgehead atoms. The first-order valence-electron chi connectivity index (χ1n) is 11.8. The molecule has 0 aromatic heterocycles. The topological polar surface area (TPSA) is 123 Å². The molecule has 1 aliphatic heterocycles. The number of carbonyl (C=O) groups excluding carboxylic acids is 4. The third-order valence-electron chi connectivity index (χ3n) is 6.78. The van der Waals surface area contributed by atoms with Gasteiger partial charge in [-0.3, -0.25) is 9.59 Å². The summed E-state index contributed by atoms with van der Waals surface area (Å²) < 4.78 is 10.2. The maximum absolute atomic E-state index is 13.2. The van der Waals surface area contributed by atoms with Crippen LogP contribution in [0.4, 0.5) is 4.79 Å². The van der Waals surface area contributed by atoms with Crippen molar-refractivity contribution < 1.29 is 28.7 Å². The van der Waals surface area contributed by atoms with Crippen LogP contribution in [0, 0.1) is 17.3 Å². The van der Waals surface area contributed by atoms with Gasteiger partial charge in [0, 0.05) is 12.5 Å². The average molecular weight is 474 g/mol. The van der Waals surface area contributed by atoms with E-state index in [0.717, 1.165) is 18.4 Å². The lowest BCUT2D eigenvalue weighted by Gasteiger charge is -2.27. The number of piperidine rings is 1. The summed E-state index contributed by atoms with van der Waals surface area (Å²) in [5.41, 5.74) is 0.925. The zero-order chi connectivity index (χ0) is 24.7. The summed E-state index contributed by atoms with van der Waals surface area (Å²) in [5, 5.41) is 8.17. The molecule has 186 valence electrons. The molecule has 1 saturated carbocycles. The van der Waals surface area contributed by atoms with Gasteiger partial charge in [0.05, 0.1) is 7.11 Å². The minimum Gasteiger partial charge on any atom is -0.467 e. The number of amides is 3. The monoisotopic (exact) mass is 473 g/mol. The van der Waals surface area contributed by atoms with Crippen molar-refractivity contribution in [1.82, 2.24) is 16.0 Å². The molecule has 3 rings (SSSR count). The van der Waals surface area contributed by atoms with Crippen molar-refractivity contribution in [1.29, 1.82) is 0 Å². The molecule has 1 aromatic rings. The highest BCUT2D eigenvalue weighted by Crippen LogP contribution is 2.54. The minimum absolute atomic E-state index is 0.0809. The molecular weight excluding hydrogens is 438 g/mol. The van der Waals surface area contributed by atoms with Crippen molar-refractivity contribution in [3.63, 3.8) is 0 Å². The fourth-order valence-electron chi connectivity index (χ4n) is 4.38. The van der Waals surface area contributed by atoms with Gasteiger partial charge in [-0.25, -0.2) is 9.59 Å². The van der Waals surface area contributed by atoms with Crippen LogP contribution in [0.3, 0.4) is 0 Å². The zero-order valence-corrected chi connectivity index (χ0v) is 20.1. The van der Waals surface area contributed by atoms with E-state index in [9.17, 15) is 19.2 Å². The first kappa shape index (κ1) is 25.5. The summed E-state index contributed by atoms with van der Waals surface area (Å²) in [7, 11) is 1.24. The Morgan fingerprint density at radius 1 is 1.12 bits per heavy atom. The molecule has 3 unspecified atom stereocenters.